The summed E-state index contributed by atoms with van der Waals surface area (Å²) in [5, 5.41) is 0. The lowest BCUT2D eigenvalue weighted by molar-refractivity contribution is 0.632. The Balaban J connectivity index is 1.07. The summed E-state index contributed by atoms with van der Waals surface area (Å²) in [6, 6.07) is 83.2. The van der Waals surface area contributed by atoms with Crippen LogP contribution in [0.2, 0.25) is 0 Å². The fourth-order valence-corrected chi connectivity index (χ4v) is 10.9. The highest BCUT2D eigenvalue weighted by Crippen LogP contribution is 2.52. The molecule has 10 aromatic carbocycles. The maximum atomic E-state index is 2.44. The molecule has 0 amide bonds. The van der Waals surface area contributed by atoms with Gasteiger partial charge in [0.05, 0.1) is 11.4 Å². The monoisotopic (exact) mass is 931 g/mol. The summed E-state index contributed by atoms with van der Waals surface area (Å²) < 4.78 is 0. The van der Waals surface area contributed by atoms with Crippen LogP contribution in [0.3, 0.4) is 0 Å². The lowest BCUT2D eigenvalue weighted by Gasteiger charge is -2.42. The van der Waals surface area contributed by atoms with Crippen LogP contribution >= 0.6 is 0 Å². The average Bonchev–Trinajstić information content (AvgIpc) is 3.39. The second kappa shape index (κ2) is 18.7. The standard InChI is InChI=1S/C69H61N3/c1-46-20-30-53(31-21-46)70(54-32-22-47(2)23-33-54)58-40-42-60(50(5)44-58)62-14-13-15-63(61-43-41-59(45-51(61)6)71(55-34-24-48(3)25-35-55)56-36-26-49(4)27-37-56)68(62)52-28-38-57(39-29-52)72-66-18-11-9-16-64(66)69(7,8)65-17-10-12-19-67(65)72/h9-45H,1-8H3. The third-order valence-corrected chi connectivity index (χ3v) is 14.8. The maximum absolute atomic E-state index is 2.44. The third kappa shape index (κ3) is 8.45. The highest BCUT2D eigenvalue weighted by Gasteiger charge is 2.36. The van der Waals surface area contributed by atoms with Gasteiger partial charge in [-0.2, -0.15) is 0 Å². The van der Waals surface area contributed by atoms with Gasteiger partial charge in [-0.15, -0.1) is 0 Å². The smallest absolute Gasteiger partial charge is 0.0502 e. The van der Waals surface area contributed by atoms with Crippen molar-refractivity contribution in [1.82, 2.24) is 0 Å². The third-order valence-electron chi connectivity index (χ3n) is 14.8. The maximum Gasteiger partial charge on any atom is 0.0502 e. The number of hydrogen-bond donors (Lipinski definition) is 0. The molecule has 11 rings (SSSR count). The molecule has 3 nitrogen and oxygen atoms in total. The van der Waals surface area contributed by atoms with Gasteiger partial charge < -0.3 is 14.7 Å². The van der Waals surface area contributed by atoms with E-state index >= 15 is 0 Å². The van der Waals surface area contributed by atoms with Crippen molar-refractivity contribution in [3.63, 3.8) is 0 Å². The van der Waals surface area contributed by atoms with E-state index in [4.69, 9.17) is 0 Å². The molecule has 352 valence electrons. The molecule has 72 heavy (non-hydrogen) atoms. The molecular weight excluding hydrogens is 871 g/mol. The van der Waals surface area contributed by atoms with E-state index in [1.54, 1.807) is 0 Å². The van der Waals surface area contributed by atoms with Gasteiger partial charge in [0.1, 0.15) is 0 Å². The van der Waals surface area contributed by atoms with E-state index in [9.17, 15) is 0 Å². The van der Waals surface area contributed by atoms with Crippen molar-refractivity contribution >= 4 is 51.2 Å². The lowest BCUT2D eigenvalue weighted by atomic mass is 9.73. The molecule has 0 bridgehead atoms. The first kappa shape index (κ1) is 46.0. The van der Waals surface area contributed by atoms with E-state index in [1.807, 2.05) is 0 Å². The topological polar surface area (TPSA) is 9.72 Å². The summed E-state index contributed by atoms with van der Waals surface area (Å²) in [4.78, 5) is 7.18. The van der Waals surface area contributed by atoms with Gasteiger partial charge in [0.15, 0.2) is 0 Å². The number of benzene rings is 10. The van der Waals surface area contributed by atoms with Crippen LogP contribution in [-0.2, 0) is 5.41 Å². The minimum atomic E-state index is -0.132. The van der Waals surface area contributed by atoms with E-state index in [-0.39, 0.29) is 5.41 Å². The molecular formula is C69H61N3. The van der Waals surface area contributed by atoms with E-state index < -0.39 is 0 Å². The van der Waals surface area contributed by atoms with Crippen molar-refractivity contribution in [2.75, 3.05) is 14.7 Å². The van der Waals surface area contributed by atoms with Crippen LogP contribution in [0.4, 0.5) is 51.2 Å². The first-order valence-electron chi connectivity index (χ1n) is 25.2. The van der Waals surface area contributed by atoms with Crippen molar-refractivity contribution in [2.45, 2.75) is 60.8 Å². The molecule has 10 aromatic rings. The number of rotatable bonds is 10. The number of fused-ring (bicyclic) bond motifs is 2. The Labute approximate surface area is 427 Å². The number of hydrogen-bond acceptors (Lipinski definition) is 3. The zero-order valence-corrected chi connectivity index (χ0v) is 42.7. The van der Waals surface area contributed by atoms with Crippen LogP contribution in [0.1, 0.15) is 58.4 Å². The van der Waals surface area contributed by atoms with Gasteiger partial charge in [0.2, 0.25) is 0 Å². The first-order chi connectivity index (χ1) is 34.9. The summed E-state index contributed by atoms with van der Waals surface area (Å²) in [5.74, 6) is 0. The normalized spacial score (nSPS) is 12.5. The van der Waals surface area contributed by atoms with Crippen molar-refractivity contribution in [3.8, 4) is 33.4 Å². The van der Waals surface area contributed by atoms with Gasteiger partial charge in [-0.1, -0.05) is 163 Å². The molecule has 0 atom stereocenters. The minimum Gasteiger partial charge on any atom is -0.310 e. The SMILES string of the molecule is Cc1ccc(N(c2ccc(C)cc2)c2ccc(-c3cccc(-c4ccc(N(c5ccc(C)cc5)c5ccc(C)cc5)cc4C)c3-c3ccc(N4c5ccccc5C(C)(C)c5ccccc54)cc3)c(C)c2)cc1. The van der Waals surface area contributed by atoms with Gasteiger partial charge in [0, 0.05) is 45.2 Å². The van der Waals surface area contributed by atoms with E-state index in [0.717, 1.165) is 45.4 Å². The first-order valence-corrected chi connectivity index (χ1v) is 25.2. The molecule has 1 heterocycles. The minimum absolute atomic E-state index is 0.132. The van der Waals surface area contributed by atoms with Crippen LogP contribution in [0.5, 0.6) is 0 Å². The van der Waals surface area contributed by atoms with Crippen LogP contribution < -0.4 is 14.7 Å². The van der Waals surface area contributed by atoms with Gasteiger partial charge >= 0.3 is 0 Å². The Morgan fingerprint density at radius 3 is 1.03 bits per heavy atom. The molecule has 3 heteroatoms. The van der Waals surface area contributed by atoms with Crippen LogP contribution in [0.25, 0.3) is 33.4 Å². The molecule has 1 aliphatic rings. The Hall–Kier alpha value is -8.40. The molecule has 0 aliphatic carbocycles. The average molecular weight is 932 g/mol. The van der Waals surface area contributed by atoms with E-state index in [1.165, 1.54) is 83.7 Å². The van der Waals surface area contributed by atoms with Gasteiger partial charge in [-0.05, 0) is 194 Å². The highest BCUT2D eigenvalue weighted by molar-refractivity contribution is 5.98. The van der Waals surface area contributed by atoms with Crippen molar-refractivity contribution < 1.29 is 0 Å². The molecule has 0 saturated heterocycles. The quantitative estimate of drug-likeness (QED) is 0.135. The zero-order valence-electron chi connectivity index (χ0n) is 42.7. The van der Waals surface area contributed by atoms with Crippen LogP contribution in [0, 0.1) is 41.5 Å². The predicted octanol–water partition coefficient (Wildman–Crippen LogP) is 19.6. The Kier molecular flexibility index (Phi) is 12.0. The summed E-state index contributed by atoms with van der Waals surface area (Å²) in [6.45, 7) is 17.8. The largest absolute Gasteiger partial charge is 0.310 e. The number of nitrogens with zero attached hydrogens (tertiary/aromatic N) is 3. The Bertz CT molecular complexity index is 3280. The molecule has 0 saturated carbocycles. The predicted molar refractivity (Wildman–Crippen MR) is 307 cm³/mol. The Morgan fingerprint density at radius 2 is 0.667 bits per heavy atom. The van der Waals surface area contributed by atoms with Crippen molar-refractivity contribution in [3.05, 3.63) is 269 Å². The molecule has 0 spiro atoms. The second-order valence-corrected chi connectivity index (χ2v) is 20.3. The molecule has 0 aromatic heterocycles. The van der Waals surface area contributed by atoms with Gasteiger partial charge in [-0.3, -0.25) is 0 Å². The fraction of sp³-hybridized carbons (Fsp3) is 0.130. The lowest BCUT2D eigenvalue weighted by Crippen LogP contribution is -2.30. The number of aryl methyl sites for hydroxylation is 6. The van der Waals surface area contributed by atoms with Crippen molar-refractivity contribution in [2.24, 2.45) is 0 Å². The molecule has 0 unspecified atom stereocenters. The summed E-state index contributed by atoms with van der Waals surface area (Å²) in [7, 11) is 0. The Morgan fingerprint density at radius 1 is 0.319 bits per heavy atom. The van der Waals surface area contributed by atoms with Gasteiger partial charge in [0.25, 0.3) is 0 Å². The molecule has 0 N–H and O–H groups in total. The molecule has 0 fully saturated rings. The second-order valence-electron chi connectivity index (χ2n) is 20.3. The molecule has 0 radical (unpaired) electrons. The van der Waals surface area contributed by atoms with Gasteiger partial charge in [-0.25, -0.2) is 0 Å². The molecule has 1 aliphatic heterocycles. The van der Waals surface area contributed by atoms with E-state index in [0.29, 0.717) is 0 Å². The van der Waals surface area contributed by atoms with Crippen LogP contribution in [0.15, 0.2) is 224 Å². The van der Waals surface area contributed by atoms with E-state index in [2.05, 4.69) is 295 Å². The number of anilines is 9. The van der Waals surface area contributed by atoms with Crippen molar-refractivity contribution in [1.29, 1.82) is 0 Å². The zero-order chi connectivity index (χ0) is 49.7. The van der Waals surface area contributed by atoms with Crippen LogP contribution in [-0.4, -0.2) is 0 Å². The summed E-state index contributed by atoms with van der Waals surface area (Å²) in [6.07, 6.45) is 0. The highest BCUT2D eigenvalue weighted by atomic mass is 15.2. The summed E-state index contributed by atoms with van der Waals surface area (Å²) in [5.41, 5.74) is 27.4. The summed E-state index contributed by atoms with van der Waals surface area (Å²) >= 11 is 0. The fourth-order valence-electron chi connectivity index (χ4n) is 10.9. The number of para-hydroxylation sites is 2.